The van der Waals surface area contributed by atoms with E-state index in [1.54, 1.807) is 0 Å². The smallest absolute Gasteiger partial charge is 0.126 e. The molecule has 0 aromatic heterocycles. The molecule has 2 rings (SSSR count). The molecule has 0 spiro atoms. The summed E-state index contributed by atoms with van der Waals surface area (Å²) >= 11 is 0. The van der Waals surface area contributed by atoms with Crippen LogP contribution in [0.3, 0.4) is 0 Å². The monoisotopic (exact) mass is 186 g/mol. The van der Waals surface area contributed by atoms with Gasteiger partial charge in [-0.1, -0.05) is 37.3 Å². The lowest BCUT2D eigenvalue weighted by Gasteiger charge is -2.17. The van der Waals surface area contributed by atoms with Crippen molar-refractivity contribution in [3.05, 3.63) is 54.3 Å². The predicted molar refractivity (Wildman–Crippen MR) is 58.1 cm³/mol. The quantitative estimate of drug-likeness (QED) is 0.686. The topological polar surface area (TPSA) is 9.23 Å². The Hall–Kier alpha value is -1.50. The zero-order valence-electron chi connectivity index (χ0n) is 8.31. The van der Waals surface area contributed by atoms with Gasteiger partial charge in [-0.05, 0) is 24.6 Å². The molecule has 0 heterocycles. The second-order valence-electron chi connectivity index (χ2n) is 3.55. The number of allylic oxidation sites excluding steroid dienone is 4. The lowest BCUT2D eigenvalue weighted by molar-refractivity contribution is 0.355. The molecule has 1 aromatic carbocycles. The minimum Gasteiger partial charge on any atom is -0.461 e. The molecule has 0 fully saturated rings. The number of hydrogen-bond donors (Lipinski definition) is 0. The fourth-order valence-electron chi connectivity index (χ4n) is 1.49. The van der Waals surface area contributed by atoms with E-state index in [1.165, 1.54) is 0 Å². The Morgan fingerprint density at radius 3 is 2.71 bits per heavy atom. The predicted octanol–water partition coefficient (Wildman–Crippen LogP) is 3.55. The fraction of sp³-hybridized carbons (Fsp3) is 0.231. The summed E-state index contributed by atoms with van der Waals surface area (Å²) in [7, 11) is 0. The third-order valence-electron chi connectivity index (χ3n) is 2.35. The summed E-state index contributed by atoms with van der Waals surface area (Å²) in [6.07, 6.45) is 7.33. The molecule has 0 radical (unpaired) electrons. The van der Waals surface area contributed by atoms with Crippen LogP contribution in [0.1, 0.15) is 13.3 Å². The Morgan fingerprint density at radius 2 is 2.00 bits per heavy atom. The molecule has 0 saturated carbocycles. The van der Waals surface area contributed by atoms with Crippen LogP contribution in [-0.4, -0.2) is 0 Å². The van der Waals surface area contributed by atoms with Gasteiger partial charge < -0.3 is 4.74 Å². The summed E-state index contributed by atoms with van der Waals surface area (Å²) in [5, 5.41) is 0. The van der Waals surface area contributed by atoms with Gasteiger partial charge in [-0.2, -0.15) is 0 Å². The molecule has 1 atom stereocenters. The van der Waals surface area contributed by atoms with Crippen molar-refractivity contribution in [2.75, 3.05) is 0 Å². The van der Waals surface area contributed by atoms with Crippen LogP contribution in [0.25, 0.3) is 0 Å². The summed E-state index contributed by atoms with van der Waals surface area (Å²) in [6.45, 7) is 2.18. The third-order valence-corrected chi connectivity index (χ3v) is 2.35. The highest BCUT2D eigenvalue weighted by molar-refractivity contribution is 5.26. The van der Waals surface area contributed by atoms with Crippen molar-refractivity contribution in [3.8, 4) is 5.75 Å². The Morgan fingerprint density at radius 1 is 1.21 bits per heavy atom. The van der Waals surface area contributed by atoms with E-state index in [4.69, 9.17) is 4.74 Å². The van der Waals surface area contributed by atoms with E-state index in [1.807, 2.05) is 36.4 Å². The Labute approximate surface area is 84.7 Å². The Balaban J connectivity index is 2.11. The average molecular weight is 186 g/mol. The molecule has 14 heavy (non-hydrogen) atoms. The molecule has 72 valence electrons. The summed E-state index contributed by atoms with van der Waals surface area (Å²) < 4.78 is 5.78. The van der Waals surface area contributed by atoms with Crippen molar-refractivity contribution in [3.63, 3.8) is 0 Å². The normalized spacial score (nSPS) is 20.4. The molecule has 0 bridgehead atoms. The molecule has 0 unspecified atom stereocenters. The molecule has 1 heteroatoms. The van der Waals surface area contributed by atoms with Gasteiger partial charge >= 0.3 is 0 Å². The first-order valence-electron chi connectivity index (χ1n) is 4.96. The summed E-state index contributed by atoms with van der Waals surface area (Å²) in [4.78, 5) is 0. The highest BCUT2D eigenvalue weighted by Gasteiger charge is 2.11. The van der Waals surface area contributed by atoms with Crippen molar-refractivity contribution in [2.24, 2.45) is 5.92 Å². The first-order chi connectivity index (χ1) is 6.86. The molecule has 1 aromatic rings. The SMILES string of the molecule is C[C@@H]1CC=CC=C1Oc1ccccc1. The highest BCUT2D eigenvalue weighted by atomic mass is 16.5. The molecule has 0 aliphatic heterocycles. The molecule has 0 amide bonds. The van der Waals surface area contributed by atoms with Crippen molar-refractivity contribution >= 4 is 0 Å². The maximum atomic E-state index is 5.78. The first kappa shape index (κ1) is 9.07. The van der Waals surface area contributed by atoms with Crippen LogP contribution in [0.5, 0.6) is 5.75 Å². The number of para-hydroxylation sites is 1. The molecular formula is C13H14O. The van der Waals surface area contributed by atoms with Gasteiger partial charge in [-0.3, -0.25) is 0 Å². The van der Waals surface area contributed by atoms with E-state index < -0.39 is 0 Å². The lowest BCUT2D eigenvalue weighted by Crippen LogP contribution is -2.07. The average Bonchev–Trinajstić information content (AvgIpc) is 2.23. The standard InChI is InChI=1S/C13H14O/c1-11-7-5-6-10-13(11)14-12-8-3-2-4-9-12/h2-6,8-11H,7H2,1H3/t11-/m1/s1. The van der Waals surface area contributed by atoms with Gasteiger partial charge in [0.05, 0.1) is 0 Å². The zero-order valence-corrected chi connectivity index (χ0v) is 8.31. The Bertz CT molecular complexity index is 349. The lowest BCUT2D eigenvalue weighted by atomic mass is 10.0. The van der Waals surface area contributed by atoms with E-state index in [0.717, 1.165) is 17.9 Å². The van der Waals surface area contributed by atoms with Crippen LogP contribution >= 0.6 is 0 Å². The number of hydrogen-bond acceptors (Lipinski definition) is 1. The first-order valence-corrected chi connectivity index (χ1v) is 4.96. The number of benzene rings is 1. The van der Waals surface area contributed by atoms with Crippen LogP contribution in [-0.2, 0) is 0 Å². The molecule has 1 nitrogen and oxygen atoms in total. The number of ether oxygens (including phenoxy) is 1. The molecule has 1 aliphatic carbocycles. The van der Waals surface area contributed by atoms with Gasteiger partial charge in [0, 0.05) is 5.92 Å². The van der Waals surface area contributed by atoms with E-state index in [0.29, 0.717) is 5.92 Å². The summed E-state index contributed by atoms with van der Waals surface area (Å²) in [5.74, 6) is 2.46. The summed E-state index contributed by atoms with van der Waals surface area (Å²) in [5.41, 5.74) is 0. The Kier molecular flexibility index (Phi) is 2.68. The highest BCUT2D eigenvalue weighted by Crippen LogP contribution is 2.23. The van der Waals surface area contributed by atoms with Gasteiger partial charge in [0.15, 0.2) is 0 Å². The van der Waals surface area contributed by atoms with Crippen LogP contribution in [0, 0.1) is 5.92 Å². The summed E-state index contributed by atoms with van der Waals surface area (Å²) in [6, 6.07) is 9.92. The zero-order chi connectivity index (χ0) is 9.80. The van der Waals surface area contributed by atoms with Crippen molar-refractivity contribution in [2.45, 2.75) is 13.3 Å². The fourth-order valence-corrected chi connectivity index (χ4v) is 1.49. The van der Waals surface area contributed by atoms with Gasteiger partial charge in [0.1, 0.15) is 11.5 Å². The van der Waals surface area contributed by atoms with Gasteiger partial charge in [0.2, 0.25) is 0 Å². The van der Waals surface area contributed by atoms with Crippen LogP contribution in [0.15, 0.2) is 54.3 Å². The van der Waals surface area contributed by atoms with E-state index in [9.17, 15) is 0 Å². The van der Waals surface area contributed by atoms with Gasteiger partial charge in [-0.15, -0.1) is 0 Å². The van der Waals surface area contributed by atoms with Crippen LogP contribution in [0.4, 0.5) is 0 Å². The molecule has 1 aliphatic rings. The maximum Gasteiger partial charge on any atom is 0.126 e. The molecule has 0 saturated heterocycles. The van der Waals surface area contributed by atoms with Crippen molar-refractivity contribution in [1.82, 2.24) is 0 Å². The number of rotatable bonds is 2. The van der Waals surface area contributed by atoms with E-state index >= 15 is 0 Å². The van der Waals surface area contributed by atoms with Gasteiger partial charge in [0.25, 0.3) is 0 Å². The van der Waals surface area contributed by atoms with E-state index in [-0.39, 0.29) is 0 Å². The van der Waals surface area contributed by atoms with Crippen molar-refractivity contribution < 1.29 is 4.74 Å². The van der Waals surface area contributed by atoms with E-state index in [2.05, 4.69) is 19.1 Å². The largest absolute Gasteiger partial charge is 0.461 e. The van der Waals surface area contributed by atoms with Crippen LogP contribution in [0.2, 0.25) is 0 Å². The van der Waals surface area contributed by atoms with Crippen LogP contribution < -0.4 is 4.74 Å². The molecular weight excluding hydrogens is 172 g/mol. The third kappa shape index (κ3) is 2.05. The van der Waals surface area contributed by atoms with Gasteiger partial charge in [-0.25, -0.2) is 0 Å². The second-order valence-corrected chi connectivity index (χ2v) is 3.55. The maximum absolute atomic E-state index is 5.78. The minimum absolute atomic E-state index is 0.486. The van der Waals surface area contributed by atoms with Crippen molar-refractivity contribution in [1.29, 1.82) is 0 Å². The minimum atomic E-state index is 0.486. The molecule has 0 N–H and O–H groups in total. The second kappa shape index (κ2) is 4.14.